The van der Waals surface area contributed by atoms with Gasteiger partial charge in [0.15, 0.2) is 0 Å². The van der Waals surface area contributed by atoms with Crippen LogP contribution >= 0.6 is 0 Å². The van der Waals surface area contributed by atoms with Gasteiger partial charge in [0, 0.05) is 25.9 Å². The minimum atomic E-state index is -0.128. The van der Waals surface area contributed by atoms with Crippen LogP contribution in [0.5, 0.6) is 0 Å². The summed E-state index contributed by atoms with van der Waals surface area (Å²) in [5, 5.41) is 7.88. The number of hydrogen-bond donors (Lipinski definition) is 1. The van der Waals surface area contributed by atoms with Gasteiger partial charge in [-0.2, -0.15) is 0 Å². The van der Waals surface area contributed by atoms with Crippen LogP contribution in [-0.4, -0.2) is 20.0 Å². The van der Waals surface area contributed by atoms with E-state index in [9.17, 15) is 0 Å². The van der Waals surface area contributed by atoms with E-state index < -0.39 is 0 Å². The van der Waals surface area contributed by atoms with Crippen molar-refractivity contribution in [3.05, 3.63) is 41.5 Å². The van der Waals surface area contributed by atoms with E-state index in [1.54, 1.807) is 10.9 Å². The number of aryl methyl sites for hydroxylation is 2. The number of hydrogen-bond acceptors (Lipinski definition) is 4. The maximum atomic E-state index is 6.07. The summed E-state index contributed by atoms with van der Waals surface area (Å²) in [4.78, 5) is 4.26. The van der Waals surface area contributed by atoms with Crippen molar-refractivity contribution < 1.29 is 0 Å². The van der Waals surface area contributed by atoms with E-state index in [1.807, 2.05) is 32.3 Å². The Morgan fingerprint density at radius 1 is 1.50 bits per heavy atom. The topological polar surface area (TPSA) is 69.6 Å². The van der Waals surface area contributed by atoms with Gasteiger partial charge < -0.3 is 5.73 Å². The van der Waals surface area contributed by atoms with Crippen LogP contribution < -0.4 is 5.73 Å². The molecule has 0 spiro atoms. The van der Waals surface area contributed by atoms with Crippen LogP contribution in [-0.2, 0) is 13.5 Å². The molecule has 84 valence electrons. The Kier molecular flexibility index (Phi) is 2.96. The maximum absolute atomic E-state index is 6.07. The number of rotatable bonds is 3. The van der Waals surface area contributed by atoms with Crippen molar-refractivity contribution in [2.24, 2.45) is 12.8 Å². The van der Waals surface area contributed by atoms with E-state index in [-0.39, 0.29) is 6.04 Å². The summed E-state index contributed by atoms with van der Waals surface area (Å²) in [6.45, 7) is 2.03. The van der Waals surface area contributed by atoms with E-state index in [1.165, 1.54) is 5.56 Å². The summed E-state index contributed by atoms with van der Waals surface area (Å²) in [6.07, 6.45) is 4.31. The SMILES string of the molecule is Cc1ccnc(C(N)Cc2cn(C)nn2)c1. The monoisotopic (exact) mass is 217 g/mol. The minimum Gasteiger partial charge on any atom is -0.322 e. The summed E-state index contributed by atoms with van der Waals surface area (Å²) in [6, 6.07) is 3.83. The first-order chi connectivity index (χ1) is 7.65. The van der Waals surface area contributed by atoms with Crippen LogP contribution in [0.2, 0.25) is 0 Å². The Labute approximate surface area is 94.3 Å². The average molecular weight is 217 g/mol. The van der Waals surface area contributed by atoms with Gasteiger partial charge >= 0.3 is 0 Å². The highest BCUT2D eigenvalue weighted by molar-refractivity contribution is 5.18. The van der Waals surface area contributed by atoms with Crippen molar-refractivity contribution in [3.8, 4) is 0 Å². The Hall–Kier alpha value is -1.75. The third-order valence-corrected chi connectivity index (χ3v) is 2.40. The summed E-state index contributed by atoms with van der Waals surface area (Å²) in [5.74, 6) is 0. The van der Waals surface area contributed by atoms with Crippen molar-refractivity contribution >= 4 is 0 Å². The molecule has 0 aliphatic rings. The molecular formula is C11H15N5. The first kappa shape index (κ1) is 10.8. The lowest BCUT2D eigenvalue weighted by Crippen LogP contribution is -2.15. The Balaban J connectivity index is 2.11. The molecule has 0 aromatic carbocycles. The third kappa shape index (κ3) is 2.43. The first-order valence-electron chi connectivity index (χ1n) is 5.18. The second-order valence-corrected chi connectivity index (χ2v) is 3.95. The van der Waals surface area contributed by atoms with Crippen molar-refractivity contribution in [2.45, 2.75) is 19.4 Å². The zero-order valence-corrected chi connectivity index (χ0v) is 9.46. The van der Waals surface area contributed by atoms with E-state index in [4.69, 9.17) is 5.73 Å². The average Bonchev–Trinajstić information content (AvgIpc) is 2.64. The van der Waals surface area contributed by atoms with Crippen LogP contribution in [0, 0.1) is 6.92 Å². The normalized spacial score (nSPS) is 12.7. The Bertz CT molecular complexity index is 477. The lowest BCUT2D eigenvalue weighted by Gasteiger charge is -2.09. The van der Waals surface area contributed by atoms with Crippen LogP contribution in [0.1, 0.15) is 23.0 Å². The summed E-state index contributed by atoms with van der Waals surface area (Å²) in [5.41, 5.74) is 9.01. The second kappa shape index (κ2) is 4.40. The molecule has 0 aliphatic heterocycles. The fourth-order valence-electron chi connectivity index (χ4n) is 1.58. The first-order valence-corrected chi connectivity index (χ1v) is 5.18. The van der Waals surface area contributed by atoms with Crippen molar-refractivity contribution in [3.63, 3.8) is 0 Å². The third-order valence-electron chi connectivity index (χ3n) is 2.40. The minimum absolute atomic E-state index is 0.128. The van der Waals surface area contributed by atoms with E-state index in [0.717, 1.165) is 11.4 Å². The standard InChI is InChI=1S/C11H15N5/c1-8-3-4-13-11(5-8)10(12)6-9-7-16(2)15-14-9/h3-5,7,10H,6,12H2,1-2H3. The molecule has 2 aromatic rings. The zero-order valence-electron chi connectivity index (χ0n) is 9.46. The van der Waals surface area contributed by atoms with Crippen molar-refractivity contribution in [2.75, 3.05) is 0 Å². The molecule has 1 unspecified atom stereocenters. The Morgan fingerprint density at radius 2 is 2.31 bits per heavy atom. The van der Waals surface area contributed by atoms with Gasteiger partial charge in [0.25, 0.3) is 0 Å². The van der Waals surface area contributed by atoms with Gasteiger partial charge in [0.1, 0.15) is 0 Å². The summed E-state index contributed by atoms with van der Waals surface area (Å²) >= 11 is 0. The number of pyridine rings is 1. The molecule has 0 saturated carbocycles. The molecule has 2 aromatic heterocycles. The Morgan fingerprint density at radius 3 is 2.94 bits per heavy atom. The predicted octanol–water partition coefficient (Wildman–Crippen LogP) is 0.761. The van der Waals surface area contributed by atoms with Gasteiger partial charge in [0.05, 0.1) is 17.4 Å². The van der Waals surface area contributed by atoms with Gasteiger partial charge in [-0.15, -0.1) is 5.10 Å². The fraction of sp³-hybridized carbons (Fsp3) is 0.364. The molecular weight excluding hydrogens is 202 g/mol. The maximum Gasteiger partial charge on any atom is 0.0846 e. The highest BCUT2D eigenvalue weighted by Crippen LogP contribution is 2.13. The molecule has 0 saturated heterocycles. The van der Waals surface area contributed by atoms with Crippen molar-refractivity contribution in [1.82, 2.24) is 20.0 Å². The molecule has 0 bridgehead atoms. The number of nitrogens with two attached hydrogens (primary N) is 1. The van der Waals surface area contributed by atoms with Gasteiger partial charge in [-0.1, -0.05) is 5.21 Å². The molecule has 2 N–H and O–H groups in total. The van der Waals surface area contributed by atoms with Crippen LogP contribution in [0.3, 0.4) is 0 Å². The van der Waals surface area contributed by atoms with Gasteiger partial charge in [-0.25, -0.2) is 0 Å². The molecule has 16 heavy (non-hydrogen) atoms. The van der Waals surface area contributed by atoms with E-state index in [0.29, 0.717) is 6.42 Å². The van der Waals surface area contributed by atoms with Gasteiger partial charge in [0.2, 0.25) is 0 Å². The molecule has 0 radical (unpaired) electrons. The molecule has 0 aliphatic carbocycles. The van der Waals surface area contributed by atoms with Crippen LogP contribution in [0.15, 0.2) is 24.5 Å². The molecule has 5 nitrogen and oxygen atoms in total. The van der Waals surface area contributed by atoms with Crippen LogP contribution in [0.4, 0.5) is 0 Å². The highest BCUT2D eigenvalue weighted by atomic mass is 15.4. The molecule has 5 heteroatoms. The van der Waals surface area contributed by atoms with Crippen LogP contribution in [0.25, 0.3) is 0 Å². The smallest absolute Gasteiger partial charge is 0.0846 e. The van der Waals surface area contributed by atoms with Gasteiger partial charge in [-0.3, -0.25) is 9.67 Å². The summed E-state index contributed by atoms with van der Waals surface area (Å²) in [7, 11) is 1.84. The predicted molar refractivity (Wildman–Crippen MR) is 60.6 cm³/mol. The quantitative estimate of drug-likeness (QED) is 0.824. The zero-order chi connectivity index (χ0) is 11.5. The second-order valence-electron chi connectivity index (χ2n) is 3.95. The number of aromatic nitrogens is 4. The number of nitrogens with zero attached hydrogens (tertiary/aromatic N) is 4. The van der Waals surface area contributed by atoms with Crippen molar-refractivity contribution in [1.29, 1.82) is 0 Å². The molecule has 2 heterocycles. The fourth-order valence-corrected chi connectivity index (χ4v) is 1.58. The lowest BCUT2D eigenvalue weighted by molar-refractivity contribution is 0.676. The van der Waals surface area contributed by atoms with E-state index in [2.05, 4.69) is 15.3 Å². The highest BCUT2D eigenvalue weighted by Gasteiger charge is 2.10. The van der Waals surface area contributed by atoms with Gasteiger partial charge in [-0.05, 0) is 24.6 Å². The lowest BCUT2D eigenvalue weighted by atomic mass is 10.1. The summed E-state index contributed by atoms with van der Waals surface area (Å²) < 4.78 is 1.67. The molecule has 0 fully saturated rings. The molecule has 2 rings (SSSR count). The molecule has 0 amide bonds. The van der Waals surface area contributed by atoms with E-state index >= 15 is 0 Å². The molecule has 1 atom stereocenters. The largest absolute Gasteiger partial charge is 0.322 e.